The lowest BCUT2D eigenvalue weighted by Crippen LogP contribution is -2.09. The molecule has 0 aliphatic rings. The molecule has 0 saturated heterocycles. The van der Waals surface area contributed by atoms with Crippen molar-refractivity contribution >= 4 is 46.8 Å². The van der Waals surface area contributed by atoms with E-state index in [1.54, 1.807) is 12.1 Å². The maximum absolute atomic E-state index is 14.0. The lowest BCUT2D eigenvalue weighted by Gasteiger charge is -2.11. The number of carbonyl (C=O) groups is 4. The van der Waals surface area contributed by atoms with Crippen LogP contribution in [0.25, 0.3) is 0 Å². The normalized spacial score (nSPS) is 9.94. The highest BCUT2D eigenvalue weighted by molar-refractivity contribution is 6.31. The second-order valence-corrected chi connectivity index (χ2v) is 14.1. The number of hydrogen-bond donors (Lipinski definition) is 3. The number of carboxylic acids is 1. The van der Waals surface area contributed by atoms with Crippen molar-refractivity contribution in [2.45, 2.75) is 68.5 Å². The van der Waals surface area contributed by atoms with Gasteiger partial charge in [-0.1, -0.05) is 44.7 Å². The van der Waals surface area contributed by atoms with E-state index in [0.717, 1.165) is 49.0 Å². The fraction of sp³-hybridized carbons (Fsp3) is 0.277. The standard InChI is InChI=1S/C21H19ClF3N3O2.C15H14F2N2O3.C7H9N.C2H4O2.2CH4/c1-12(29)20-15(8-9-26-18-5-3-4-16(22)19(18)25)21(30-2)28(27-20)11-13-10-14(23)6-7-17(13)24;1-9(21)14-12(5-6-20)15(22-2)19(18-14)8-10-7-11(16)3-4-13(10)17;1-6-3-2-4-7(8)5-6;1-2(3)4;;/h3-7,10,26H,8-9,11H2,1-2H3;3-4,6-7H,5,8H2,1-2H3;2-5H,8H2,1H3;1H3,(H,3,4);2*1H4. The Hall–Kier alpha value is -7.08. The Morgan fingerprint density at radius 2 is 1.23 bits per heavy atom. The number of aromatic nitrogens is 4. The van der Waals surface area contributed by atoms with Crippen molar-refractivity contribution in [2.75, 3.05) is 31.8 Å². The first-order valence-corrected chi connectivity index (χ1v) is 19.5. The lowest BCUT2D eigenvalue weighted by molar-refractivity contribution is -0.134. The van der Waals surface area contributed by atoms with Crippen LogP contribution >= 0.6 is 11.6 Å². The first kappa shape index (κ1) is 56.9. The van der Waals surface area contributed by atoms with E-state index in [0.29, 0.717) is 17.4 Å². The van der Waals surface area contributed by atoms with Crippen LogP contribution in [0, 0.1) is 36.0 Å². The molecule has 2 heterocycles. The zero-order valence-electron chi connectivity index (χ0n) is 35.6. The van der Waals surface area contributed by atoms with Crippen LogP contribution in [0.2, 0.25) is 5.02 Å². The number of nitrogens with one attached hydrogen (secondary N) is 1. The molecule has 4 aromatic carbocycles. The number of aldehydes is 1. The van der Waals surface area contributed by atoms with Crippen molar-refractivity contribution in [2.24, 2.45) is 0 Å². The number of Topliss-reactive ketones (excluding diaryl/α,β-unsaturated/α-hetero) is 2. The Kier molecular flexibility index (Phi) is 23.5. The van der Waals surface area contributed by atoms with E-state index in [1.165, 1.54) is 49.1 Å². The van der Waals surface area contributed by atoms with Crippen molar-refractivity contribution in [3.8, 4) is 11.8 Å². The molecule has 6 aromatic rings. The highest BCUT2D eigenvalue weighted by Gasteiger charge is 2.24. The number of nitrogens with zero attached hydrogens (tertiary/aromatic N) is 4. The van der Waals surface area contributed by atoms with Crippen LogP contribution in [-0.4, -0.2) is 69.3 Å². The number of nitrogen functional groups attached to an aromatic ring is 1. The number of ether oxygens (including phenoxy) is 2. The van der Waals surface area contributed by atoms with Crippen molar-refractivity contribution in [1.82, 2.24) is 19.6 Å². The van der Waals surface area contributed by atoms with Gasteiger partial charge in [-0.15, -0.1) is 0 Å². The second kappa shape index (κ2) is 27.3. The van der Waals surface area contributed by atoms with Crippen LogP contribution < -0.4 is 20.5 Å². The third-order valence-electron chi connectivity index (χ3n) is 8.68. The van der Waals surface area contributed by atoms with Crippen LogP contribution in [0.3, 0.4) is 0 Å². The number of anilines is 2. The Balaban J connectivity index is 0.000000527. The Morgan fingerprint density at radius 3 is 1.65 bits per heavy atom. The molecule has 0 saturated carbocycles. The zero-order valence-corrected chi connectivity index (χ0v) is 36.4. The number of nitrogens with two attached hydrogens (primary N) is 1. The Morgan fingerprint density at radius 1 is 0.758 bits per heavy atom. The molecule has 0 fully saturated rings. The second-order valence-electron chi connectivity index (χ2n) is 13.7. The average Bonchev–Trinajstić information content (AvgIpc) is 3.76. The molecule has 0 spiro atoms. The smallest absolute Gasteiger partial charge is 0.300 e. The monoisotopic (exact) mass is 944 g/mol. The van der Waals surface area contributed by atoms with E-state index in [1.807, 2.05) is 31.2 Å². The number of ketones is 2. The number of carbonyl (C=O) groups excluding carboxylic acids is 3. The summed E-state index contributed by atoms with van der Waals surface area (Å²) in [6.45, 7) is 5.78. The van der Waals surface area contributed by atoms with E-state index in [4.69, 9.17) is 36.7 Å². The molecule has 0 aliphatic heterocycles. The predicted molar refractivity (Wildman–Crippen MR) is 244 cm³/mol. The number of rotatable bonds is 14. The van der Waals surface area contributed by atoms with Crippen LogP contribution in [0.1, 0.15) is 84.4 Å². The number of carboxylic acid groups (broad SMARTS) is 1. The van der Waals surface area contributed by atoms with E-state index >= 15 is 0 Å². The predicted octanol–water partition coefficient (Wildman–Crippen LogP) is 9.97. The van der Waals surface area contributed by atoms with Gasteiger partial charge in [0.1, 0.15) is 40.9 Å². The molecular weight excluding hydrogens is 891 g/mol. The number of benzene rings is 4. The molecule has 13 nitrogen and oxygen atoms in total. The molecule has 2 aromatic heterocycles. The summed E-state index contributed by atoms with van der Waals surface area (Å²) in [5.41, 5.74) is 8.91. The van der Waals surface area contributed by atoms with Crippen LogP contribution in [-0.2, 0) is 35.5 Å². The molecule has 19 heteroatoms. The molecule has 6 rings (SSSR count). The summed E-state index contributed by atoms with van der Waals surface area (Å²) < 4.78 is 81.7. The van der Waals surface area contributed by atoms with E-state index in [-0.39, 0.29) is 104 Å². The summed E-state index contributed by atoms with van der Waals surface area (Å²) >= 11 is 5.78. The molecule has 66 heavy (non-hydrogen) atoms. The van der Waals surface area contributed by atoms with Crippen molar-refractivity contribution in [3.05, 3.63) is 152 Å². The largest absolute Gasteiger partial charge is 0.481 e. The molecular formula is C47H54ClF5N6O7. The fourth-order valence-corrected chi connectivity index (χ4v) is 6.16. The highest BCUT2D eigenvalue weighted by atomic mass is 35.5. The summed E-state index contributed by atoms with van der Waals surface area (Å²) in [6.07, 6.45) is 0.846. The van der Waals surface area contributed by atoms with Crippen LogP contribution in [0.4, 0.5) is 33.3 Å². The maximum atomic E-state index is 14.0. The van der Waals surface area contributed by atoms with Gasteiger partial charge in [0.2, 0.25) is 11.8 Å². The van der Waals surface area contributed by atoms with Gasteiger partial charge in [0, 0.05) is 56.1 Å². The van der Waals surface area contributed by atoms with Crippen molar-refractivity contribution in [3.63, 3.8) is 0 Å². The summed E-state index contributed by atoms with van der Waals surface area (Å²) in [5, 5.41) is 18.6. The van der Waals surface area contributed by atoms with Gasteiger partial charge in [-0.2, -0.15) is 10.2 Å². The quantitative estimate of drug-likeness (QED) is 0.0409. The topological polar surface area (TPSA) is 181 Å². The minimum absolute atomic E-state index is 0. The Labute approximate surface area is 385 Å². The summed E-state index contributed by atoms with van der Waals surface area (Å²) in [6, 6.07) is 18.6. The highest BCUT2D eigenvalue weighted by Crippen LogP contribution is 2.28. The van der Waals surface area contributed by atoms with Crippen LogP contribution in [0.15, 0.2) is 78.9 Å². The zero-order chi connectivity index (χ0) is 47.7. The number of aliphatic carboxylic acids is 1. The lowest BCUT2D eigenvalue weighted by atomic mass is 10.1. The summed E-state index contributed by atoms with van der Waals surface area (Å²) in [4.78, 5) is 43.5. The van der Waals surface area contributed by atoms with Gasteiger partial charge in [-0.3, -0.25) is 14.4 Å². The molecule has 356 valence electrons. The van der Waals surface area contributed by atoms with E-state index in [9.17, 15) is 36.3 Å². The van der Waals surface area contributed by atoms with Crippen molar-refractivity contribution < 1.29 is 55.7 Å². The van der Waals surface area contributed by atoms with Gasteiger partial charge in [-0.05, 0) is 79.6 Å². The van der Waals surface area contributed by atoms with Gasteiger partial charge >= 0.3 is 0 Å². The van der Waals surface area contributed by atoms with Gasteiger partial charge in [0.05, 0.1) is 43.6 Å². The third kappa shape index (κ3) is 16.5. The number of aryl methyl sites for hydroxylation is 1. The minimum atomic E-state index is -0.833. The molecule has 0 amide bonds. The SMILES string of the molecule is C.C.CC(=O)O.COc1c(CC=O)c(C(C)=O)nn1Cc1cc(F)ccc1F.COc1c(CCNc2cccc(Cl)c2F)c(C(C)=O)nn1Cc1cc(F)ccc1F.Cc1cccc(N)c1. The summed E-state index contributed by atoms with van der Waals surface area (Å²) in [5.74, 6) is -3.99. The van der Waals surface area contributed by atoms with E-state index < -0.39 is 35.1 Å². The maximum Gasteiger partial charge on any atom is 0.300 e. The molecule has 0 unspecified atom stereocenters. The fourth-order valence-electron chi connectivity index (χ4n) is 5.98. The first-order valence-electron chi connectivity index (χ1n) is 19.1. The van der Waals surface area contributed by atoms with E-state index in [2.05, 4.69) is 15.5 Å². The number of halogens is 6. The van der Waals surface area contributed by atoms with Gasteiger partial charge in [0.15, 0.2) is 17.4 Å². The molecule has 0 bridgehead atoms. The number of hydrogen-bond acceptors (Lipinski definition) is 10. The van der Waals surface area contributed by atoms with Crippen LogP contribution in [0.5, 0.6) is 11.8 Å². The molecule has 4 N–H and O–H groups in total. The van der Waals surface area contributed by atoms with Gasteiger partial charge < -0.3 is 30.4 Å². The molecule has 0 atom stereocenters. The van der Waals surface area contributed by atoms with Crippen molar-refractivity contribution in [1.29, 1.82) is 0 Å². The molecule has 0 radical (unpaired) electrons. The molecule has 0 aliphatic carbocycles. The summed E-state index contributed by atoms with van der Waals surface area (Å²) in [7, 11) is 2.75. The Bertz CT molecular complexity index is 2560. The minimum Gasteiger partial charge on any atom is -0.481 e. The number of methoxy groups -OCH3 is 2. The van der Waals surface area contributed by atoms with Gasteiger partial charge in [0.25, 0.3) is 5.97 Å². The van der Waals surface area contributed by atoms with Gasteiger partial charge in [-0.25, -0.2) is 31.3 Å². The third-order valence-corrected chi connectivity index (χ3v) is 8.97. The first-order chi connectivity index (χ1) is 30.3. The average molecular weight is 945 g/mol.